The van der Waals surface area contributed by atoms with Gasteiger partial charge in [0.1, 0.15) is 11.3 Å². The molecule has 0 aliphatic carbocycles. The van der Waals surface area contributed by atoms with Gasteiger partial charge in [-0.2, -0.15) is 0 Å². The fraction of sp³-hybridized carbons (Fsp3) is 0.393. The molecular weight excluding hydrogens is 490 g/mol. The quantitative estimate of drug-likeness (QED) is 0.397. The first-order valence-electron chi connectivity index (χ1n) is 12.9. The third kappa shape index (κ3) is 4.49. The van der Waals surface area contributed by atoms with Crippen molar-refractivity contribution in [3.05, 3.63) is 74.9 Å². The monoisotopic (exact) mass is 519 g/mol. The Morgan fingerprint density at radius 3 is 2.73 bits per heavy atom. The summed E-state index contributed by atoms with van der Waals surface area (Å²) < 4.78 is 7.50. The maximum atomic E-state index is 13.7. The van der Waals surface area contributed by atoms with Crippen LogP contribution in [0.5, 0.6) is 0 Å². The van der Waals surface area contributed by atoms with E-state index in [-0.39, 0.29) is 23.4 Å². The number of H-pyrrole nitrogens is 1. The number of ether oxygens (including phenoxy) is 1. The number of rotatable bonds is 5. The zero-order chi connectivity index (χ0) is 25.5. The molecule has 2 aromatic carbocycles. The van der Waals surface area contributed by atoms with E-state index in [1.165, 1.54) is 0 Å². The Balaban J connectivity index is 1.32. The molecule has 2 N–H and O–H groups in total. The molecule has 4 heterocycles. The number of benzene rings is 2. The van der Waals surface area contributed by atoms with E-state index in [1.807, 2.05) is 52.6 Å². The van der Waals surface area contributed by atoms with Crippen molar-refractivity contribution in [3.63, 3.8) is 0 Å². The molecule has 0 spiro atoms. The van der Waals surface area contributed by atoms with Crippen molar-refractivity contribution in [1.29, 1.82) is 0 Å². The van der Waals surface area contributed by atoms with E-state index >= 15 is 0 Å². The van der Waals surface area contributed by atoms with Crippen LogP contribution in [0.2, 0.25) is 5.02 Å². The second-order valence-corrected chi connectivity index (χ2v) is 10.5. The van der Waals surface area contributed by atoms with Gasteiger partial charge in [-0.3, -0.25) is 14.0 Å². The Morgan fingerprint density at radius 2 is 1.95 bits per heavy atom. The minimum atomic E-state index is -0.202. The van der Waals surface area contributed by atoms with Crippen LogP contribution in [-0.2, 0) is 4.74 Å². The molecule has 37 heavy (non-hydrogen) atoms. The van der Waals surface area contributed by atoms with E-state index in [0.717, 1.165) is 48.3 Å². The number of fused-ring (bicyclic) bond motifs is 3. The minimum absolute atomic E-state index is 0.00367. The Labute approximate surface area is 219 Å². The highest BCUT2D eigenvalue weighted by Crippen LogP contribution is 2.30. The minimum Gasteiger partial charge on any atom is -0.383 e. The molecular formula is C28H30ClN5O3. The van der Waals surface area contributed by atoms with Crippen LogP contribution in [0.25, 0.3) is 16.6 Å². The van der Waals surface area contributed by atoms with Gasteiger partial charge in [0.2, 0.25) is 0 Å². The average Bonchev–Trinajstić information content (AvgIpc) is 3.57. The standard InChI is InChI=1S/C28H30ClN5O3/c1-17-13-24-23(32-27(35)25-16-31-26(34(24)25)18-8-11-37-12-9-18)14-22(17)28(36)33-10-2-3-21(33)15-30-20-6-4-19(29)5-7-20/h4-7,13-14,16,18,21,30H,2-3,8-12,15H2,1H3,(H,32,35)/t21-/m0/s1. The summed E-state index contributed by atoms with van der Waals surface area (Å²) in [5.41, 5.74) is 4.32. The molecule has 0 saturated carbocycles. The molecule has 0 unspecified atom stereocenters. The lowest BCUT2D eigenvalue weighted by Gasteiger charge is -2.26. The number of anilines is 1. The maximum absolute atomic E-state index is 13.7. The largest absolute Gasteiger partial charge is 0.383 e. The molecule has 1 atom stereocenters. The van der Waals surface area contributed by atoms with Crippen molar-refractivity contribution in [1.82, 2.24) is 19.3 Å². The molecule has 2 aliphatic rings. The fourth-order valence-corrected chi connectivity index (χ4v) is 5.82. The topological polar surface area (TPSA) is 91.7 Å². The van der Waals surface area contributed by atoms with Crippen LogP contribution in [0.3, 0.4) is 0 Å². The first kappa shape index (κ1) is 24.0. The Kier molecular flexibility index (Phi) is 6.38. The molecule has 4 aromatic rings. The van der Waals surface area contributed by atoms with Crippen molar-refractivity contribution >= 4 is 39.7 Å². The summed E-state index contributed by atoms with van der Waals surface area (Å²) in [5, 5.41) is 4.13. The van der Waals surface area contributed by atoms with Gasteiger partial charge in [0, 0.05) is 54.5 Å². The maximum Gasteiger partial charge on any atom is 0.274 e. The van der Waals surface area contributed by atoms with Gasteiger partial charge in [0.15, 0.2) is 0 Å². The molecule has 2 fully saturated rings. The molecule has 8 nitrogen and oxygen atoms in total. The molecule has 6 rings (SSSR count). The van der Waals surface area contributed by atoms with Gasteiger partial charge in [0.05, 0.1) is 17.2 Å². The zero-order valence-corrected chi connectivity index (χ0v) is 21.6. The smallest absolute Gasteiger partial charge is 0.274 e. The number of imidazole rings is 1. The summed E-state index contributed by atoms with van der Waals surface area (Å²) in [4.78, 5) is 36.3. The van der Waals surface area contributed by atoms with Crippen LogP contribution in [0.1, 0.15) is 53.3 Å². The predicted octanol–water partition coefficient (Wildman–Crippen LogP) is 4.75. The van der Waals surface area contributed by atoms with Crippen molar-refractivity contribution < 1.29 is 9.53 Å². The van der Waals surface area contributed by atoms with Gasteiger partial charge in [0.25, 0.3) is 11.5 Å². The second kappa shape index (κ2) is 9.84. The number of aromatic nitrogens is 3. The van der Waals surface area contributed by atoms with Gasteiger partial charge in [-0.05, 0) is 74.6 Å². The van der Waals surface area contributed by atoms with Gasteiger partial charge in [-0.1, -0.05) is 11.6 Å². The number of carbonyl (C=O) groups excluding carboxylic acids is 1. The van der Waals surface area contributed by atoms with E-state index < -0.39 is 0 Å². The van der Waals surface area contributed by atoms with Gasteiger partial charge < -0.3 is 19.9 Å². The highest BCUT2D eigenvalue weighted by Gasteiger charge is 2.30. The summed E-state index contributed by atoms with van der Waals surface area (Å²) in [6.45, 7) is 4.74. The molecule has 192 valence electrons. The van der Waals surface area contributed by atoms with Gasteiger partial charge in [-0.25, -0.2) is 4.98 Å². The molecule has 2 saturated heterocycles. The first-order valence-corrected chi connectivity index (χ1v) is 13.3. The molecule has 0 bridgehead atoms. The fourth-order valence-electron chi connectivity index (χ4n) is 5.69. The highest BCUT2D eigenvalue weighted by molar-refractivity contribution is 6.30. The number of hydrogen-bond donors (Lipinski definition) is 2. The number of likely N-dealkylation sites (tertiary alicyclic amines) is 1. The summed E-state index contributed by atoms with van der Waals surface area (Å²) >= 11 is 6.00. The van der Waals surface area contributed by atoms with Crippen molar-refractivity contribution in [2.45, 2.75) is 44.6 Å². The number of aryl methyl sites for hydroxylation is 1. The van der Waals surface area contributed by atoms with E-state index in [0.29, 0.717) is 47.9 Å². The SMILES string of the molecule is Cc1cc2c(cc1C(=O)N1CCC[C@H]1CNc1ccc(Cl)cc1)[nH]c(=O)c1cnc(C3CCOCC3)n12. The van der Waals surface area contributed by atoms with Crippen LogP contribution < -0.4 is 10.9 Å². The third-order valence-corrected chi connectivity index (χ3v) is 7.95. The number of nitrogens with one attached hydrogen (secondary N) is 2. The number of nitrogens with zero attached hydrogens (tertiary/aromatic N) is 3. The number of hydrogen-bond acceptors (Lipinski definition) is 5. The number of aromatic amines is 1. The van der Waals surface area contributed by atoms with Crippen LogP contribution in [0.4, 0.5) is 5.69 Å². The predicted molar refractivity (Wildman–Crippen MR) is 145 cm³/mol. The number of carbonyl (C=O) groups is 1. The second-order valence-electron chi connectivity index (χ2n) is 10.0. The molecule has 2 aromatic heterocycles. The van der Waals surface area contributed by atoms with Crippen molar-refractivity contribution in [2.24, 2.45) is 0 Å². The summed E-state index contributed by atoms with van der Waals surface area (Å²) in [7, 11) is 0. The van der Waals surface area contributed by atoms with E-state index in [1.54, 1.807) is 6.20 Å². The number of halogens is 1. The average molecular weight is 520 g/mol. The van der Waals surface area contributed by atoms with Crippen LogP contribution in [-0.4, -0.2) is 57.5 Å². The molecule has 2 aliphatic heterocycles. The first-order chi connectivity index (χ1) is 18.0. The van der Waals surface area contributed by atoms with E-state index in [4.69, 9.17) is 16.3 Å². The van der Waals surface area contributed by atoms with Crippen molar-refractivity contribution in [2.75, 3.05) is 31.6 Å². The van der Waals surface area contributed by atoms with Crippen LogP contribution in [0.15, 0.2) is 47.4 Å². The summed E-state index contributed by atoms with van der Waals surface area (Å²) in [6.07, 6.45) is 5.32. The Hall–Kier alpha value is -3.36. The van der Waals surface area contributed by atoms with Gasteiger partial charge >= 0.3 is 0 Å². The van der Waals surface area contributed by atoms with Crippen LogP contribution in [0, 0.1) is 6.92 Å². The highest BCUT2D eigenvalue weighted by atomic mass is 35.5. The van der Waals surface area contributed by atoms with Crippen LogP contribution >= 0.6 is 11.6 Å². The zero-order valence-electron chi connectivity index (χ0n) is 20.8. The van der Waals surface area contributed by atoms with Gasteiger partial charge in [-0.15, -0.1) is 0 Å². The lowest BCUT2D eigenvalue weighted by atomic mass is 9.99. The number of amides is 1. The van der Waals surface area contributed by atoms with Crippen molar-refractivity contribution in [3.8, 4) is 0 Å². The molecule has 1 amide bonds. The molecule has 9 heteroatoms. The Morgan fingerprint density at radius 1 is 1.16 bits per heavy atom. The van der Waals surface area contributed by atoms with E-state index in [2.05, 4.69) is 15.3 Å². The lowest BCUT2D eigenvalue weighted by Crippen LogP contribution is -2.39. The molecule has 0 radical (unpaired) electrons. The normalized spacial score (nSPS) is 18.6. The third-order valence-electron chi connectivity index (χ3n) is 7.69. The summed E-state index contributed by atoms with van der Waals surface area (Å²) in [6, 6.07) is 11.5. The Bertz CT molecular complexity index is 1520. The summed E-state index contributed by atoms with van der Waals surface area (Å²) in [5.74, 6) is 1.12. The lowest BCUT2D eigenvalue weighted by molar-refractivity contribution is 0.0743. The van der Waals surface area contributed by atoms with E-state index in [9.17, 15) is 9.59 Å².